The first-order valence-electron chi connectivity index (χ1n) is 10.8. The summed E-state index contributed by atoms with van der Waals surface area (Å²) in [4.78, 5) is 2.39. The van der Waals surface area contributed by atoms with Gasteiger partial charge in [-0.05, 0) is 53.9 Å². The first-order chi connectivity index (χ1) is 16.2. The maximum atomic E-state index is 14.2. The number of nitrogens with zero attached hydrogens (tertiary/aromatic N) is 5. The van der Waals surface area contributed by atoms with Crippen molar-refractivity contribution in [2.24, 2.45) is 0 Å². The van der Waals surface area contributed by atoms with Gasteiger partial charge in [0.1, 0.15) is 11.6 Å². The van der Waals surface area contributed by atoms with Crippen LogP contribution in [0.4, 0.5) is 10.2 Å². The Balaban J connectivity index is 1.26. The third-order valence-electron chi connectivity index (χ3n) is 5.91. The second kappa shape index (κ2) is 9.03. The van der Waals surface area contributed by atoms with Gasteiger partial charge in [0.25, 0.3) is 0 Å². The number of aromatic nitrogens is 4. The van der Waals surface area contributed by atoms with Crippen molar-refractivity contribution in [1.82, 2.24) is 24.7 Å². The van der Waals surface area contributed by atoms with Crippen LogP contribution in [0.1, 0.15) is 11.1 Å². The van der Waals surface area contributed by atoms with Crippen molar-refractivity contribution in [3.63, 3.8) is 0 Å². The van der Waals surface area contributed by atoms with Crippen molar-refractivity contribution in [2.75, 3.05) is 39.2 Å². The van der Waals surface area contributed by atoms with Gasteiger partial charge >= 0.3 is 0 Å². The van der Waals surface area contributed by atoms with Crippen molar-refractivity contribution >= 4 is 11.5 Å². The maximum absolute atomic E-state index is 14.2. The zero-order valence-corrected chi connectivity index (χ0v) is 18.6. The highest BCUT2D eigenvalue weighted by atomic mass is 19.1. The van der Waals surface area contributed by atoms with Gasteiger partial charge in [0.05, 0.1) is 19.8 Å². The van der Waals surface area contributed by atoms with Gasteiger partial charge in [-0.1, -0.05) is 12.1 Å². The average Bonchev–Trinajstić information content (AvgIpc) is 3.26. The largest absolute Gasteiger partial charge is 0.493 e. The molecule has 170 valence electrons. The van der Waals surface area contributed by atoms with Gasteiger partial charge in [0.15, 0.2) is 23.0 Å². The molecule has 4 aromatic rings. The fourth-order valence-electron chi connectivity index (χ4n) is 4.17. The van der Waals surface area contributed by atoms with E-state index in [1.807, 2.05) is 12.1 Å². The summed E-state index contributed by atoms with van der Waals surface area (Å²) in [5, 5.41) is 16.2. The summed E-state index contributed by atoms with van der Waals surface area (Å²) in [5.74, 6) is 2.24. The van der Waals surface area contributed by atoms with Crippen LogP contribution in [0.5, 0.6) is 11.5 Å². The van der Waals surface area contributed by atoms with E-state index in [0.29, 0.717) is 22.9 Å². The van der Waals surface area contributed by atoms with Crippen LogP contribution in [0.25, 0.3) is 17.0 Å². The number of rotatable bonds is 7. The molecule has 0 saturated carbocycles. The molecule has 1 aliphatic heterocycles. The number of benzene rings is 2. The third-order valence-corrected chi connectivity index (χ3v) is 5.91. The summed E-state index contributed by atoms with van der Waals surface area (Å²) in [6, 6.07) is 14.3. The Hall–Kier alpha value is -3.72. The molecular weight excluding hydrogens is 423 g/mol. The first-order valence-corrected chi connectivity index (χ1v) is 10.8. The molecule has 1 aliphatic rings. The molecule has 0 aliphatic carbocycles. The molecule has 0 radical (unpaired) electrons. The number of hydrogen-bond donors (Lipinski definition) is 1. The summed E-state index contributed by atoms with van der Waals surface area (Å²) < 4.78 is 26.7. The predicted octanol–water partition coefficient (Wildman–Crippen LogP) is 3.42. The number of anilines is 1. The van der Waals surface area contributed by atoms with Crippen LogP contribution < -0.4 is 14.8 Å². The van der Waals surface area contributed by atoms with Crippen molar-refractivity contribution < 1.29 is 13.9 Å². The summed E-state index contributed by atoms with van der Waals surface area (Å²) in [7, 11) is 3.32. The van der Waals surface area contributed by atoms with E-state index in [2.05, 4.69) is 37.6 Å². The van der Waals surface area contributed by atoms with E-state index in [-0.39, 0.29) is 5.82 Å². The summed E-state index contributed by atoms with van der Waals surface area (Å²) in [6.45, 7) is 3.40. The number of fused-ring (bicyclic) bond motifs is 2. The lowest BCUT2D eigenvalue weighted by molar-refractivity contribution is 0.262. The van der Waals surface area contributed by atoms with Gasteiger partial charge in [-0.2, -0.15) is 4.52 Å². The third kappa shape index (κ3) is 4.19. The highest BCUT2D eigenvalue weighted by molar-refractivity contribution is 5.60. The Morgan fingerprint density at radius 2 is 1.79 bits per heavy atom. The van der Waals surface area contributed by atoms with Crippen LogP contribution >= 0.6 is 0 Å². The molecule has 1 N–H and O–H groups in total. The van der Waals surface area contributed by atoms with Gasteiger partial charge < -0.3 is 14.8 Å². The fraction of sp³-hybridized carbons (Fsp3) is 0.292. The first kappa shape index (κ1) is 21.1. The van der Waals surface area contributed by atoms with Gasteiger partial charge in [0.2, 0.25) is 0 Å². The van der Waals surface area contributed by atoms with Crippen molar-refractivity contribution in [2.45, 2.75) is 13.0 Å². The molecule has 0 unspecified atom stereocenters. The maximum Gasteiger partial charge on any atom is 0.188 e. The van der Waals surface area contributed by atoms with E-state index in [9.17, 15) is 4.39 Å². The lowest BCUT2D eigenvalue weighted by atomic mass is 9.99. The van der Waals surface area contributed by atoms with Crippen LogP contribution in [0.2, 0.25) is 0 Å². The Labute approximate surface area is 191 Å². The van der Waals surface area contributed by atoms with Crippen molar-refractivity contribution in [3.05, 3.63) is 65.5 Å². The lowest BCUT2D eigenvalue weighted by Gasteiger charge is -2.29. The minimum atomic E-state index is -0.355. The molecule has 8 nitrogen and oxygen atoms in total. The van der Waals surface area contributed by atoms with Gasteiger partial charge in [0, 0.05) is 26.2 Å². The highest BCUT2D eigenvalue weighted by Crippen LogP contribution is 2.33. The molecule has 3 heterocycles. The molecule has 0 amide bonds. The highest BCUT2D eigenvalue weighted by Gasteiger charge is 2.19. The molecule has 0 atom stereocenters. The Morgan fingerprint density at radius 3 is 2.58 bits per heavy atom. The second-order valence-electron chi connectivity index (χ2n) is 7.92. The molecule has 9 heteroatoms. The number of methoxy groups -OCH3 is 2. The molecule has 0 saturated heterocycles. The summed E-state index contributed by atoms with van der Waals surface area (Å²) in [6.07, 6.45) is 0.965. The van der Waals surface area contributed by atoms with E-state index < -0.39 is 0 Å². The monoisotopic (exact) mass is 448 g/mol. The van der Waals surface area contributed by atoms with Gasteiger partial charge in [-0.25, -0.2) is 4.39 Å². The molecule has 33 heavy (non-hydrogen) atoms. The fourth-order valence-corrected chi connectivity index (χ4v) is 4.17. The van der Waals surface area contributed by atoms with Crippen LogP contribution in [0.3, 0.4) is 0 Å². The zero-order valence-electron chi connectivity index (χ0n) is 18.6. The zero-order chi connectivity index (χ0) is 22.8. The van der Waals surface area contributed by atoms with Gasteiger partial charge in [-0.3, -0.25) is 4.90 Å². The standard InChI is InChI=1S/C24H25FN6O2/c1-32-20-13-16-9-11-30(15-17(16)14-21(20)33-2)12-10-26-22-7-8-23-27-28-24(31(23)29-22)18-5-3-4-6-19(18)25/h3-8,13-14H,9-12,15H2,1-2H3,(H,26,29). The average molecular weight is 449 g/mol. The SMILES string of the molecule is COc1cc2c(cc1OC)CN(CCNc1ccc3nnc(-c4ccccc4F)n3n1)CC2. The van der Waals surface area contributed by atoms with E-state index in [1.165, 1.54) is 17.2 Å². The predicted molar refractivity (Wildman–Crippen MR) is 123 cm³/mol. The molecule has 2 aromatic heterocycles. The number of ether oxygens (including phenoxy) is 2. The van der Waals surface area contributed by atoms with Crippen molar-refractivity contribution in [1.29, 1.82) is 0 Å². The van der Waals surface area contributed by atoms with E-state index >= 15 is 0 Å². The Morgan fingerprint density at radius 1 is 1.00 bits per heavy atom. The van der Waals surface area contributed by atoms with Crippen LogP contribution in [-0.2, 0) is 13.0 Å². The molecule has 0 bridgehead atoms. The van der Waals surface area contributed by atoms with Crippen LogP contribution in [-0.4, -0.2) is 58.6 Å². The van der Waals surface area contributed by atoms with Crippen LogP contribution in [0.15, 0.2) is 48.5 Å². The Bertz CT molecular complexity index is 1290. The molecule has 0 spiro atoms. The second-order valence-corrected chi connectivity index (χ2v) is 7.92. The minimum absolute atomic E-state index is 0.355. The van der Waals surface area contributed by atoms with Gasteiger partial charge in [-0.15, -0.1) is 15.3 Å². The van der Waals surface area contributed by atoms with E-state index in [0.717, 1.165) is 44.1 Å². The summed E-state index contributed by atoms with van der Waals surface area (Å²) in [5.41, 5.74) is 3.50. The minimum Gasteiger partial charge on any atom is -0.493 e. The van der Waals surface area contributed by atoms with Crippen LogP contribution in [0, 0.1) is 5.82 Å². The van der Waals surface area contributed by atoms with E-state index in [4.69, 9.17) is 9.47 Å². The topological polar surface area (TPSA) is 76.8 Å². The number of nitrogens with one attached hydrogen (secondary N) is 1. The Kier molecular flexibility index (Phi) is 5.78. The molecule has 2 aromatic carbocycles. The molecular formula is C24H25FN6O2. The quantitative estimate of drug-likeness (QED) is 0.464. The lowest BCUT2D eigenvalue weighted by Crippen LogP contribution is -2.34. The van der Waals surface area contributed by atoms with E-state index in [1.54, 1.807) is 36.9 Å². The number of halogens is 1. The number of hydrogen-bond acceptors (Lipinski definition) is 7. The normalized spacial score (nSPS) is 13.7. The van der Waals surface area contributed by atoms with Crippen molar-refractivity contribution in [3.8, 4) is 22.9 Å². The molecule has 5 rings (SSSR count). The smallest absolute Gasteiger partial charge is 0.188 e. The summed E-state index contributed by atoms with van der Waals surface area (Å²) >= 11 is 0. The molecule has 0 fully saturated rings.